The maximum Gasteiger partial charge on any atom is 0.241 e. The zero-order chi connectivity index (χ0) is 18.0. The third-order valence-corrected chi connectivity index (χ3v) is 4.14. The van der Waals surface area contributed by atoms with Crippen molar-refractivity contribution in [3.8, 4) is 5.75 Å². The number of benzene rings is 2. The molecule has 1 aromatic heterocycles. The van der Waals surface area contributed by atoms with Crippen LogP contribution in [0.1, 0.15) is 22.1 Å². The average molecular weight is 379 g/mol. The summed E-state index contributed by atoms with van der Waals surface area (Å²) < 4.78 is 20.7. The van der Waals surface area contributed by atoms with E-state index in [0.717, 1.165) is 0 Å². The van der Waals surface area contributed by atoms with Gasteiger partial charge in [-0.15, -0.1) is 0 Å². The highest BCUT2D eigenvalue weighted by molar-refractivity contribution is 6.36. The van der Waals surface area contributed by atoms with Gasteiger partial charge in [0.2, 0.25) is 12.0 Å². The van der Waals surface area contributed by atoms with Gasteiger partial charge in [-0.25, -0.2) is 9.37 Å². The fourth-order valence-electron chi connectivity index (χ4n) is 2.35. The summed E-state index contributed by atoms with van der Waals surface area (Å²) in [7, 11) is 0. The van der Waals surface area contributed by atoms with E-state index in [0.29, 0.717) is 16.3 Å². The zero-order valence-electron chi connectivity index (χ0n) is 13.1. The van der Waals surface area contributed by atoms with Crippen LogP contribution < -0.4 is 4.74 Å². The van der Waals surface area contributed by atoms with E-state index in [4.69, 9.17) is 27.9 Å². The Labute approximate surface area is 153 Å². The lowest BCUT2D eigenvalue weighted by Gasteiger charge is -2.21. The number of hydrogen-bond acceptors (Lipinski definition) is 3. The fraction of sp³-hybridized carbons (Fsp3) is 0.111. The molecule has 0 aliphatic carbocycles. The van der Waals surface area contributed by atoms with Gasteiger partial charge in [0.15, 0.2) is 0 Å². The van der Waals surface area contributed by atoms with Crippen LogP contribution >= 0.6 is 23.2 Å². The summed E-state index contributed by atoms with van der Waals surface area (Å²) in [5.41, 5.74) is 0.838. The van der Waals surface area contributed by atoms with Gasteiger partial charge in [0.05, 0.1) is 11.3 Å². The van der Waals surface area contributed by atoms with E-state index in [1.54, 1.807) is 19.2 Å². The molecular formula is C18H13Cl2FN2O2. The van der Waals surface area contributed by atoms with Gasteiger partial charge in [-0.3, -0.25) is 9.36 Å². The Morgan fingerprint density at radius 1 is 1.24 bits per heavy atom. The molecule has 0 fully saturated rings. The first-order valence-electron chi connectivity index (χ1n) is 7.35. The van der Waals surface area contributed by atoms with E-state index in [9.17, 15) is 9.18 Å². The van der Waals surface area contributed by atoms with Crippen molar-refractivity contribution in [3.05, 3.63) is 82.1 Å². The highest BCUT2D eigenvalue weighted by Gasteiger charge is 2.26. The molecule has 2 aromatic carbocycles. The molecule has 0 amide bonds. The lowest BCUT2D eigenvalue weighted by atomic mass is 10.1. The Bertz CT molecular complexity index is 913. The quantitative estimate of drug-likeness (QED) is 0.580. The first-order chi connectivity index (χ1) is 12.0. The number of carbonyl (C=O) groups is 1. The molecule has 0 bridgehead atoms. The second kappa shape index (κ2) is 7.25. The molecule has 0 aliphatic rings. The third-order valence-electron chi connectivity index (χ3n) is 3.59. The van der Waals surface area contributed by atoms with E-state index in [1.807, 2.05) is 0 Å². The minimum Gasteiger partial charge on any atom is -0.462 e. The number of nitrogens with zero attached hydrogens (tertiary/aromatic N) is 2. The minimum absolute atomic E-state index is 0.224. The second-order valence-corrected chi connectivity index (χ2v) is 6.22. The van der Waals surface area contributed by atoms with Crippen molar-refractivity contribution >= 4 is 29.0 Å². The number of ketones is 1. The van der Waals surface area contributed by atoms with Crippen molar-refractivity contribution in [2.45, 2.75) is 13.2 Å². The number of carbonyl (C=O) groups excluding carboxylic acids is 1. The SMILES string of the molecule is Cc1cc(F)ccc1OC(C(=O)c1ccc(Cl)cc1Cl)n1ccnc1. The molecule has 7 heteroatoms. The second-order valence-electron chi connectivity index (χ2n) is 5.38. The van der Waals surface area contributed by atoms with Crippen LogP contribution in [0, 0.1) is 12.7 Å². The number of ether oxygens (including phenoxy) is 1. The predicted molar refractivity (Wildman–Crippen MR) is 93.8 cm³/mol. The molecule has 0 radical (unpaired) electrons. The average Bonchev–Trinajstić information content (AvgIpc) is 3.08. The summed E-state index contributed by atoms with van der Waals surface area (Å²) in [6.45, 7) is 1.70. The van der Waals surface area contributed by atoms with Crippen molar-refractivity contribution in [1.29, 1.82) is 0 Å². The summed E-state index contributed by atoms with van der Waals surface area (Å²) in [6.07, 6.45) is 3.56. The topological polar surface area (TPSA) is 44.1 Å². The van der Waals surface area contributed by atoms with Crippen LogP contribution in [-0.4, -0.2) is 15.3 Å². The van der Waals surface area contributed by atoms with Crippen LogP contribution in [0.15, 0.2) is 55.1 Å². The van der Waals surface area contributed by atoms with Crippen LogP contribution in [0.2, 0.25) is 10.0 Å². The van der Waals surface area contributed by atoms with Crippen molar-refractivity contribution in [3.63, 3.8) is 0 Å². The van der Waals surface area contributed by atoms with Gasteiger partial charge in [-0.2, -0.15) is 0 Å². The Hall–Kier alpha value is -2.37. The van der Waals surface area contributed by atoms with Gasteiger partial charge in [-0.05, 0) is 48.9 Å². The van der Waals surface area contributed by atoms with Crippen molar-refractivity contribution in [2.75, 3.05) is 0 Å². The molecule has 3 aromatic rings. The molecule has 0 N–H and O–H groups in total. The number of Topliss-reactive ketones (excluding diaryl/α,β-unsaturated/α-hetero) is 1. The molecule has 0 saturated carbocycles. The molecule has 0 spiro atoms. The van der Waals surface area contributed by atoms with Crippen molar-refractivity contribution < 1.29 is 13.9 Å². The maximum absolute atomic E-state index is 13.3. The van der Waals surface area contributed by atoms with Crippen molar-refractivity contribution in [2.24, 2.45) is 0 Å². The van der Waals surface area contributed by atoms with Crippen LogP contribution in [0.4, 0.5) is 4.39 Å². The molecule has 1 atom stereocenters. The van der Waals surface area contributed by atoms with E-state index in [1.165, 1.54) is 47.4 Å². The largest absolute Gasteiger partial charge is 0.462 e. The fourth-order valence-corrected chi connectivity index (χ4v) is 2.85. The zero-order valence-corrected chi connectivity index (χ0v) is 14.6. The summed E-state index contributed by atoms with van der Waals surface area (Å²) in [6, 6.07) is 8.69. The minimum atomic E-state index is -1.04. The van der Waals surface area contributed by atoms with Crippen LogP contribution in [0.3, 0.4) is 0 Å². The molecule has 1 unspecified atom stereocenters. The molecule has 128 valence electrons. The highest BCUT2D eigenvalue weighted by Crippen LogP contribution is 2.28. The third kappa shape index (κ3) is 3.83. The summed E-state index contributed by atoms with van der Waals surface area (Å²) in [4.78, 5) is 16.9. The normalized spacial score (nSPS) is 12.0. The number of aryl methyl sites for hydroxylation is 1. The summed E-state index contributed by atoms with van der Waals surface area (Å²) in [5, 5.41) is 0.651. The van der Waals surface area contributed by atoms with Crippen molar-refractivity contribution in [1.82, 2.24) is 9.55 Å². The number of aromatic nitrogens is 2. The number of imidazole rings is 1. The molecule has 3 rings (SSSR count). The van der Waals surface area contributed by atoms with Crippen LogP contribution in [0.25, 0.3) is 0 Å². The van der Waals surface area contributed by atoms with Crippen LogP contribution in [-0.2, 0) is 0 Å². The summed E-state index contributed by atoms with van der Waals surface area (Å²) in [5.74, 6) is -0.363. The van der Waals surface area contributed by atoms with Gasteiger partial charge < -0.3 is 4.74 Å². The van der Waals surface area contributed by atoms with E-state index < -0.39 is 6.23 Å². The smallest absolute Gasteiger partial charge is 0.241 e. The van der Waals surface area contributed by atoms with Gasteiger partial charge in [0.25, 0.3) is 0 Å². The molecule has 4 nitrogen and oxygen atoms in total. The number of halogens is 3. The van der Waals surface area contributed by atoms with Gasteiger partial charge in [0, 0.05) is 23.0 Å². The monoisotopic (exact) mass is 378 g/mol. The number of rotatable bonds is 5. The van der Waals surface area contributed by atoms with E-state index >= 15 is 0 Å². The summed E-state index contributed by atoms with van der Waals surface area (Å²) >= 11 is 12.0. The van der Waals surface area contributed by atoms with Gasteiger partial charge >= 0.3 is 0 Å². The van der Waals surface area contributed by atoms with E-state index in [2.05, 4.69) is 4.98 Å². The molecular weight excluding hydrogens is 366 g/mol. The lowest BCUT2D eigenvalue weighted by molar-refractivity contribution is 0.0651. The maximum atomic E-state index is 13.3. The molecule has 1 heterocycles. The van der Waals surface area contributed by atoms with Crippen LogP contribution in [0.5, 0.6) is 5.75 Å². The first-order valence-corrected chi connectivity index (χ1v) is 8.11. The molecule has 0 saturated heterocycles. The van der Waals surface area contributed by atoms with E-state index in [-0.39, 0.29) is 22.2 Å². The predicted octanol–water partition coefficient (Wildman–Crippen LogP) is 5.10. The molecule has 25 heavy (non-hydrogen) atoms. The lowest BCUT2D eigenvalue weighted by Crippen LogP contribution is -2.25. The first kappa shape index (κ1) is 17.5. The number of hydrogen-bond donors (Lipinski definition) is 0. The highest BCUT2D eigenvalue weighted by atomic mass is 35.5. The Kier molecular flexibility index (Phi) is 5.06. The van der Waals surface area contributed by atoms with Gasteiger partial charge in [-0.1, -0.05) is 23.2 Å². The Morgan fingerprint density at radius 3 is 2.68 bits per heavy atom. The van der Waals surface area contributed by atoms with Gasteiger partial charge in [0.1, 0.15) is 11.6 Å². The molecule has 0 aliphatic heterocycles. The standard InChI is InChI=1S/C18H13Cl2FN2O2/c1-11-8-13(21)3-5-16(11)25-18(23-7-6-22-10-23)17(24)14-4-2-12(19)9-15(14)20/h2-10,18H,1H3. The Morgan fingerprint density at radius 2 is 2.04 bits per heavy atom. The Balaban J connectivity index is 1.99.